The SMILES string of the molecule is CC1(C(=O)N2CCC3(CC(NS(=O)(=O)C4CC4)C3)C2)CC=CCC1. The molecule has 1 aliphatic heterocycles. The molecule has 5 nitrogen and oxygen atoms in total. The average Bonchev–Trinajstić information content (AvgIpc) is 3.28. The number of likely N-dealkylation sites (tertiary alicyclic amines) is 1. The minimum Gasteiger partial charge on any atom is -0.342 e. The van der Waals surface area contributed by atoms with Crippen LogP contribution in [0.4, 0.5) is 0 Å². The number of amides is 1. The molecular weight excluding hydrogens is 324 g/mol. The van der Waals surface area contributed by atoms with E-state index in [4.69, 9.17) is 0 Å². The summed E-state index contributed by atoms with van der Waals surface area (Å²) in [5, 5.41) is -0.144. The summed E-state index contributed by atoms with van der Waals surface area (Å²) in [6, 6.07) is 0.0823. The molecule has 1 heterocycles. The third-order valence-electron chi connectivity index (χ3n) is 6.49. The summed E-state index contributed by atoms with van der Waals surface area (Å²) in [5.74, 6) is 0.297. The molecule has 6 heteroatoms. The normalized spacial score (nSPS) is 39.2. The second-order valence-electron chi connectivity index (χ2n) is 8.72. The number of hydrogen-bond acceptors (Lipinski definition) is 3. The van der Waals surface area contributed by atoms with Crippen molar-refractivity contribution in [2.75, 3.05) is 13.1 Å². The Kier molecular flexibility index (Phi) is 3.84. The van der Waals surface area contributed by atoms with Crippen LogP contribution in [0.1, 0.15) is 58.3 Å². The van der Waals surface area contributed by atoms with Crippen LogP contribution >= 0.6 is 0 Å². The highest BCUT2D eigenvalue weighted by molar-refractivity contribution is 7.90. The highest BCUT2D eigenvalue weighted by Crippen LogP contribution is 2.50. The van der Waals surface area contributed by atoms with Gasteiger partial charge in [0.05, 0.1) is 10.7 Å². The maximum absolute atomic E-state index is 12.9. The number of allylic oxidation sites excluding steroid dienone is 2. The second-order valence-corrected chi connectivity index (χ2v) is 10.7. The lowest BCUT2D eigenvalue weighted by molar-refractivity contribution is -0.141. The van der Waals surface area contributed by atoms with E-state index in [9.17, 15) is 13.2 Å². The van der Waals surface area contributed by atoms with Crippen LogP contribution in [0.3, 0.4) is 0 Å². The first-order chi connectivity index (χ1) is 11.3. The van der Waals surface area contributed by atoms with Crippen molar-refractivity contribution in [1.29, 1.82) is 0 Å². The third kappa shape index (κ3) is 2.92. The van der Waals surface area contributed by atoms with Crippen LogP contribution < -0.4 is 4.72 Å². The molecule has 1 atom stereocenters. The van der Waals surface area contributed by atoms with Crippen LogP contribution in [0.5, 0.6) is 0 Å². The molecule has 0 aromatic rings. The van der Waals surface area contributed by atoms with E-state index in [1.165, 1.54) is 0 Å². The number of hydrogen-bond donors (Lipinski definition) is 1. The first-order valence-corrected chi connectivity index (χ1v) is 10.8. The van der Waals surface area contributed by atoms with E-state index in [0.717, 1.165) is 64.5 Å². The Bertz CT molecular complexity index is 662. The van der Waals surface area contributed by atoms with E-state index in [2.05, 4.69) is 23.8 Å². The summed E-state index contributed by atoms with van der Waals surface area (Å²) in [4.78, 5) is 15.0. The molecule has 0 bridgehead atoms. The lowest BCUT2D eigenvalue weighted by atomic mass is 9.65. The van der Waals surface area contributed by atoms with Crippen molar-refractivity contribution in [1.82, 2.24) is 9.62 Å². The van der Waals surface area contributed by atoms with Crippen LogP contribution in [0.15, 0.2) is 12.2 Å². The van der Waals surface area contributed by atoms with Gasteiger partial charge in [0.15, 0.2) is 0 Å². The number of nitrogens with one attached hydrogen (secondary N) is 1. The van der Waals surface area contributed by atoms with Crippen LogP contribution in [-0.2, 0) is 14.8 Å². The fourth-order valence-electron chi connectivity index (χ4n) is 4.76. The van der Waals surface area contributed by atoms with E-state index >= 15 is 0 Å². The Morgan fingerprint density at radius 2 is 1.96 bits per heavy atom. The van der Waals surface area contributed by atoms with Crippen molar-refractivity contribution in [3.8, 4) is 0 Å². The van der Waals surface area contributed by atoms with Crippen molar-refractivity contribution in [3.63, 3.8) is 0 Å². The Morgan fingerprint density at radius 3 is 2.58 bits per heavy atom. The van der Waals surface area contributed by atoms with Gasteiger partial charge in [-0.25, -0.2) is 13.1 Å². The molecule has 1 N–H and O–H groups in total. The highest BCUT2D eigenvalue weighted by atomic mass is 32.2. The van der Waals surface area contributed by atoms with Gasteiger partial charge in [0.25, 0.3) is 0 Å². The van der Waals surface area contributed by atoms with Gasteiger partial charge in [0.2, 0.25) is 15.9 Å². The fourth-order valence-corrected chi connectivity index (χ4v) is 6.34. The van der Waals surface area contributed by atoms with Crippen LogP contribution in [0.25, 0.3) is 0 Å². The van der Waals surface area contributed by atoms with Crippen LogP contribution in [0, 0.1) is 10.8 Å². The topological polar surface area (TPSA) is 66.5 Å². The molecule has 134 valence electrons. The summed E-state index contributed by atoms with van der Waals surface area (Å²) in [6.07, 6.45) is 11.5. The Balaban J connectivity index is 1.33. The van der Waals surface area contributed by atoms with Crippen molar-refractivity contribution >= 4 is 15.9 Å². The second kappa shape index (κ2) is 5.56. The predicted octanol–water partition coefficient (Wildman–Crippen LogP) is 2.20. The lowest BCUT2D eigenvalue weighted by Gasteiger charge is -2.45. The van der Waals surface area contributed by atoms with Gasteiger partial charge in [-0.3, -0.25) is 4.79 Å². The molecule has 0 radical (unpaired) electrons. The Morgan fingerprint density at radius 1 is 1.21 bits per heavy atom. The highest BCUT2D eigenvalue weighted by Gasteiger charge is 2.52. The molecule has 1 unspecified atom stereocenters. The van der Waals surface area contributed by atoms with Crippen LogP contribution in [0.2, 0.25) is 0 Å². The zero-order chi connectivity index (χ0) is 17.0. The van der Waals surface area contributed by atoms with E-state index in [1.807, 2.05) is 4.90 Å². The molecule has 0 aromatic heterocycles. The maximum Gasteiger partial charge on any atom is 0.228 e. The van der Waals surface area contributed by atoms with E-state index in [-0.39, 0.29) is 22.1 Å². The van der Waals surface area contributed by atoms with E-state index in [1.54, 1.807) is 0 Å². The van der Waals surface area contributed by atoms with Crippen LogP contribution in [-0.4, -0.2) is 43.6 Å². The van der Waals surface area contributed by atoms with Gasteiger partial charge in [0, 0.05) is 19.1 Å². The molecule has 2 saturated carbocycles. The monoisotopic (exact) mass is 352 g/mol. The van der Waals surface area contributed by atoms with Gasteiger partial charge < -0.3 is 4.90 Å². The van der Waals surface area contributed by atoms with Crippen molar-refractivity contribution in [2.24, 2.45) is 10.8 Å². The lowest BCUT2D eigenvalue weighted by Crippen LogP contribution is -2.53. The molecular formula is C18H28N2O3S. The Labute approximate surface area is 144 Å². The fraction of sp³-hybridized carbons (Fsp3) is 0.833. The van der Waals surface area contributed by atoms with Gasteiger partial charge in [-0.1, -0.05) is 19.1 Å². The number of nitrogens with zero attached hydrogens (tertiary/aromatic N) is 1. The minimum atomic E-state index is -3.09. The van der Waals surface area contributed by atoms with Gasteiger partial charge in [0.1, 0.15) is 0 Å². The van der Waals surface area contributed by atoms with Gasteiger partial charge >= 0.3 is 0 Å². The smallest absolute Gasteiger partial charge is 0.228 e. The molecule has 4 aliphatic rings. The zero-order valence-corrected chi connectivity index (χ0v) is 15.3. The standard InChI is InChI=1S/C18H28N2O3S/c1-17(7-3-2-4-8-17)16(21)20-10-9-18(13-20)11-14(12-18)19-24(22,23)15-5-6-15/h2-3,14-15,19H,4-13H2,1H3. The predicted molar refractivity (Wildman–Crippen MR) is 92.8 cm³/mol. The maximum atomic E-state index is 12.9. The molecule has 4 rings (SSSR count). The average molecular weight is 353 g/mol. The summed E-state index contributed by atoms with van der Waals surface area (Å²) in [6.45, 7) is 3.74. The van der Waals surface area contributed by atoms with E-state index in [0.29, 0.717) is 5.91 Å². The molecule has 1 saturated heterocycles. The third-order valence-corrected chi connectivity index (χ3v) is 8.50. The minimum absolute atomic E-state index is 0.0823. The van der Waals surface area contributed by atoms with Crippen molar-refractivity contribution in [3.05, 3.63) is 12.2 Å². The van der Waals surface area contributed by atoms with Gasteiger partial charge in [-0.2, -0.15) is 0 Å². The molecule has 1 amide bonds. The molecule has 3 aliphatic carbocycles. The largest absolute Gasteiger partial charge is 0.342 e. The number of rotatable bonds is 4. The summed E-state index contributed by atoms with van der Waals surface area (Å²) in [5.41, 5.74) is -0.0791. The molecule has 0 aromatic carbocycles. The molecule has 24 heavy (non-hydrogen) atoms. The summed E-state index contributed by atoms with van der Waals surface area (Å²) in [7, 11) is -3.09. The number of carbonyl (C=O) groups is 1. The molecule has 3 fully saturated rings. The zero-order valence-electron chi connectivity index (χ0n) is 14.5. The van der Waals surface area contributed by atoms with Gasteiger partial charge in [-0.05, 0) is 56.8 Å². The first kappa shape index (κ1) is 16.6. The van der Waals surface area contributed by atoms with Crippen molar-refractivity contribution < 1.29 is 13.2 Å². The number of carbonyl (C=O) groups excluding carboxylic acids is 1. The molecule has 1 spiro atoms. The number of sulfonamides is 1. The summed E-state index contributed by atoms with van der Waals surface area (Å²) < 4.78 is 27.0. The first-order valence-electron chi connectivity index (χ1n) is 9.28. The van der Waals surface area contributed by atoms with Gasteiger partial charge in [-0.15, -0.1) is 0 Å². The summed E-state index contributed by atoms with van der Waals surface area (Å²) >= 11 is 0. The van der Waals surface area contributed by atoms with Crippen molar-refractivity contribution in [2.45, 2.75) is 69.6 Å². The Hall–Kier alpha value is -0.880. The van der Waals surface area contributed by atoms with E-state index < -0.39 is 10.0 Å². The quantitative estimate of drug-likeness (QED) is 0.789.